The predicted octanol–water partition coefficient (Wildman–Crippen LogP) is 4.86. The minimum absolute atomic E-state index is 0.208. The zero-order valence-corrected chi connectivity index (χ0v) is 19.2. The predicted molar refractivity (Wildman–Crippen MR) is 129 cm³/mol. The number of carbonyl (C=O) groups excluding carboxylic acids is 2. The van der Waals surface area contributed by atoms with Gasteiger partial charge in [0, 0.05) is 0 Å². The highest BCUT2D eigenvalue weighted by Crippen LogP contribution is 2.23. The molecule has 3 aromatic rings. The van der Waals surface area contributed by atoms with Crippen LogP contribution in [0.25, 0.3) is 11.1 Å². The molecule has 0 heterocycles. The first-order valence-electron chi connectivity index (χ1n) is 11.1. The highest BCUT2D eigenvalue weighted by molar-refractivity contribution is 5.85. The molecule has 0 bridgehead atoms. The van der Waals surface area contributed by atoms with Gasteiger partial charge in [0.05, 0.1) is 0 Å². The number of hydrazine groups is 1. The number of amides is 2. The molecule has 2 amide bonds. The van der Waals surface area contributed by atoms with Gasteiger partial charge >= 0.3 is 0 Å². The molecule has 33 heavy (non-hydrogen) atoms. The third kappa shape index (κ3) is 7.10. The van der Waals surface area contributed by atoms with Gasteiger partial charge in [0.25, 0.3) is 11.8 Å². The Kier molecular flexibility index (Phi) is 8.47. The van der Waals surface area contributed by atoms with Crippen molar-refractivity contribution in [2.45, 2.75) is 39.2 Å². The van der Waals surface area contributed by atoms with E-state index >= 15 is 0 Å². The average molecular weight is 447 g/mol. The van der Waals surface area contributed by atoms with Crippen LogP contribution in [-0.4, -0.2) is 24.5 Å². The Hall–Kier alpha value is -3.80. The van der Waals surface area contributed by atoms with Crippen LogP contribution in [0.1, 0.15) is 38.7 Å². The zero-order chi connectivity index (χ0) is 23.6. The summed E-state index contributed by atoms with van der Waals surface area (Å²) < 4.78 is 11.3. The average Bonchev–Trinajstić information content (AvgIpc) is 2.85. The monoisotopic (exact) mass is 446 g/mol. The Labute approximate surface area is 194 Å². The minimum Gasteiger partial charge on any atom is -0.484 e. The van der Waals surface area contributed by atoms with E-state index in [-0.39, 0.29) is 6.61 Å². The number of hydrogen-bond acceptors (Lipinski definition) is 4. The van der Waals surface area contributed by atoms with Gasteiger partial charge in [-0.05, 0) is 53.3 Å². The Morgan fingerprint density at radius 3 is 2.00 bits per heavy atom. The first-order valence-corrected chi connectivity index (χ1v) is 11.1. The lowest BCUT2D eigenvalue weighted by Gasteiger charge is -2.18. The molecule has 0 aliphatic carbocycles. The summed E-state index contributed by atoms with van der Waals surface area (Å²) in [5.41, 5.74) is 8.14. The lowest BCUT2D eigenvalue weighted by Crippen LogP contribution is -2.49. The van der Waals surface area contributed by atoms with E-state index in [9.17, 15) is 9.59 Å². The van der Waals surface area contributed by atoms with Crippen LogP contribution in [0.4, 0.5) is 0 Å². The molecular weight excluding hydrogens is 416 g/mol. The molecule has 1 unspecified atom stereocenters. The minimum atomic E-state index is -0.739. The van der Waals surface area contributed by atoms with Crippen molar-refractivity contribution in [1.82, 2.24) is 10.9 Å². The Bertz CT molecular complexity index is 1030. The third-order valence-corrected chi connectivity index (χ3v) is 5.14. The van der Waals surface area contributed by atoms with E-state index in [1.165, 1.54) is 5.56 Å². The molecule has 0 aliphatic heterocycles. The summed E-state index contributed by atoms with van der Waals surface area (Å²) in [5, 5.41) is 0. The molecule has 3 rings (SSSR count). The number of ether oxygens (including phenoxy) is 2. The fourth-order valence-electron chi connectivity index (χ4n) is 3.19. The van der Waals surface area contributed by atoms with Crippen molar-refractivity contribution in [3.8, 4) is 22.6 Å². The second-order valence-corrected chi connectivity index (χ2v) is 7.95. The molecule has 0 spiro atoms. The van der Waals surface area contributed by atoms with Crippen molar-refractivity contribution in [3.05, 3.63) is 84.4 Å². The van der Waals surface area contributed by atoms with Crippen LogP contribution in [0.2, 0.25) is 0 Å². The van der Waals surface area contributed by atoms with Crippen LogP contribution in [0, 0.1) is 0 Å². The van der Waals surface area contributed by atoms with E-state index in [1.54, 1.807) is 0 Å². The summed E-state index contributed by atoms with van der Waals surface area (Å²) >= 11 is 0. The fourth-order valence-corrected chi connectivity index (χ4v) is 3.19. The van der Waals surface area contributed by atoms with Crippen molar-refractivity contribution >= 4 is 11.8 Å². The molecule has 172 valence electrons. The number of nitrogens with one attached hydrogen (secondary N) is 2. The number of hydrogen-bond donors (Lipinski definition) is 2. The summed E-state index contributed by atoms with van der Waals surface area (Å²) in [6.07, 6.45) is -0.293. The SMILES string of the molecule is CCC(Oc1ccc(-c2ccccc2)cc1)C(=O)NNC(=O)COc1ccc(C(C)C)cc1. The lowest BCUT2D eigenvalue weighted by molar-refractivity contribution is -0.134. The van der Waals surface area contributed by atoms with E-state index < -0.39 is 17.9 Å². The molecule has 2 N–H and O–H groups in total. The molecule has 0 aromatic heterocycles. The van der Waals surface area contributed by atoms with Crippen LogP contribution in [0.3, 0.4) is 0 Å². The van der Waals surface area contributed by atoms with Gasteiger partial charge in [0.1, 0.15) is 11.5 Å². The second kappa shape index (κ2) is 11.7. The first-order chi connectivity index (χ1) is 16.0. The largest absolute Gasteiger partial charge is 0.484 e. The Morgan fingerprint density at radius 2 is 1.39 bits per heavy atom. The van der Waals surface area contributed by atoms with Crippen LogP contribution < -0.4 is 20.3 Å². The summed E-state index contributed by atoms with van der Waals surface area (Å²) in [6, 6.07) is 25.1. The highest BCUT2D eigenvalue weighted by Gasteiger charge is 2.19. The topological polar surface area (TPSA) is 76.7 Å². The molecule has 0 fully saturated rings. The van der Waals surface area contributed by atoms with E-state index in [2.05, 4.69) is 24.7 Å². The van der Waals surface area contributed by atoms with E-state index in [0.717, 1.165) is 11.1 Å². The summed E-state index contributed by atoms with van der Waals surface area (Å²) in [6.45, 7) is 5.85. The smallest absolute Gasteiger partial charge is 0.279 e. The van der Waals surface area contributed by atoms with E-state index in [0.29, 0.717) is 23.8 Å². The Balaban J connectivity index is 1.45. The van der Waals surface area contributed by atoms with Crippen molar-refractivity contribution in [2.24, 2.45) is 0 Å². The molecule has 1 atom stereocenters. The second-order valence-electron chi connectivity index (χ2n) is 7.95. The number of carbonyl (C=O) groups is 2. The molecule has 6 heteroatoms. The quantitative estimate of drug-likeness (QED) is 0.460. The number of benzene rings is 3. The van der Waals surface area contributed by atoms with Gasteiger partial charge in [-0.25, -0.2) is 0 Å². The third-order valence-electron chi connectivity index (χ3n) is 5.14. The summed E-state index contributed by atoms with van der Waals surface area (Å²) in [4.78, 5) is 24.5. The molecule has 6 nitrogen and oxygen atoms in total. The normalized spacial score (nSPS) is 11.5. The van der Waals surface area contributed by atoms with Gasteiger partial charge in [-0.1, -0.05) is 75.4 Å². The van der Waals surface area contributed by atoms with Crippen LogP contribution in [-0.2, 0) is 9.59 Å². The van der Waals surface area contributed by atoms with Crippen molar-refractivity contribution in [2.75, 3.05) is 6.61 Å². The fraction of sp³-hybridized carbons (Fsp3) is 0.259. The maximum Gasteiger partial charge on any atom is 0.279 e. The molecule has 0 saturated heterocycles. The maximum absolute atomic E-state index is 12.5. The van der Waals surface area contributed by atoms with Crippen molar-refractivity contribution in [3.63, 3.8) is 0 Å². The molecule has 3 aromatic carbocycles. The van der Waals surface area contributed by atoms with Gasteiger partial charge < -0.3 is 9.47 Å². The van der Waals surface area contributed by atoms with Crippen LogP contribution in [0.15, 0.2) is 78.9 Å². The van der Waals surface area contributed by atoms with Crippen molar-refractivity contribution in [1.29, 1.82) is 0 Å². The number of rotatable bonds is 9. The van der Waals surface area contributed by atoms with Gasteiger partial charge in [0.2, 0.25) is 0 Å². The van der Waals surface area contributed by atoms with E-state index in [1.807, 2.05) is 85.8 Å². The van der Waals surface area contributed by atoms with Crippen LogP contribution >= 0.6 is 0 Å². The van der Waals surface area contributed by atoms with Gasteiger partial charge in [-0.2, -0.15) is 0 Å². The Morgan fingerprint density at radius 1 is 0.788 bits per heavy atom. The molecule has 0 aliphatic rings. The molecule has 0 saturated carbocycles. The molecular formula is C27H30N2O4. The summed E-state index contributed by atoms with van der Waals surface area (Å²) in [5.74, 6) is 0.705. The summed E-state index contributed by atoms with van der Waals surface area (Å²) in [7, 11) is 0. The zero-order valence-electron chi connectivity index (χ0n) is 19.2. The highest BCUT2D eigenvalue weighted by atomic mass is 16.5. The lowest BCUT2D eigenvalue weighted by atomic mass is 10.0. The van der Waals surface area contributed by atoms with Crippen LogP contribution in [0.5, 0.6) is 11.5 Å². The van der Waals surface area contributed by atoms with Crippen molar-refractivity contribution < 1.29 is 19.1 Å². The first kappa shape index (κ1) is 23.9. The van der Waals surface area contributed by atoms with Gasteiger partial charge in [-0.15, -0.1) is 0 Å². The van der Waals surface area contributed by atoms with Gasteiger partial charge in [-0.3, -0.25) is 20.4 Å². The van der Waals surface area contributed by atoms with E-state index in [4.69, 9.17) is 9.47 Å². The standard InChI is InChI=1S/C27H30N2O4/c1-4-25(33-24-16-12-22(13-17-24)21-8-6-5-7-9-21)27(31)29-28-26(30)18-32-23-14-10-20(11-15-23)19(2)3/h5-17,19,25H,4,18H2,1-3H3,(H,28,30)(H,29,31). The molecule has 0 radical (unpaired) electrons. The maximum atomic E-state index is 12.5. The van der Waals surface area contributed by atoms with Gasteiger partial charge in [0.15, 0.2) is 12.7 Å².